The van der Waals surface area contributed by atoms with E-state index < -0.39 is 0 Å². The third kappa shape index (κ3) is 5.97. The van der Waals surface area contributed by atoms with Crippen molar-refractivity contribution in [2.75, 3.05) is 7.05 Å². The first-order valence-corrected chi connectivity index (χ1v) is 7.12. The zero-order valence-electron chi connectivity index (χ0n) is 12.2. The number of fused-ring (bicyclic) bond motifs is 1. The van der Waals surface area contributed by atoms with E-state index in [0.717, 1.165) is 0 Å². The van der Waals surface area contributed by atoms with Gasteiger partial charge in [-0.3, -0.25) is 9.59 Å². The standard InChI is InChI=1S/C9H9N3O2S.2C2H6.3CH4/c1-4-6-7(13)5(8(14)10-2)3-11-9(6)15-12-4;2*1-2;;;/h3H,1-2H3,(H,10,14)(H,11,13);2*1-2H3;3*1H4. The molecule has 22 heavy (non-hydrogen) atoms. The summed E-state index contributed by atoms with van der Waals surface area (Å²) in [5.74, 6) is -0.385. The van der Waals surface area contributed by atoms with Crippen molar-refractivity contribution in [2.24, 2.45) is 0 Å². The number of aromatic nitrogens is 2. The molecule has 0 aliphatic carbocycles. The number of pyridine rings is 1. The van der Waals surface area contributed by atoms with Crippen molar-refractivity contribution in [2.45, 2.75) is 56.9 Å². The number of carbonyl (C=O) groups excluding carboxylic acids is 1. The van der Waals surface area contributed by atoms with Crippen LogP contribution in [-0.4, -0.2) is 22.3 Å². The molecular formula is C16H33N3O2S. The van der Waals surface area contributed by atoms with Gasteiger partial charge in [-0.25, -0.2) is 0 Å². The van der Waals surface area contributed by atoms with E-state index in [1.165, 1.54) is 24.8 Å². The summed E-state index contributed by atoms with van der Waals surface area (Å²) in [5.41, 5.74) is 0.504. The Morgan fingerprint density at radius 1 is 1.18 bits per heavy atom. The van der Waals surface area contributed by atoms with Gasteiger partial charge in [0.15, 0.2) is 0 Å². The second-order valence-electron chi connectivity index (χ2n) is 3.08. The number of carbonyl (C=O) groups is 1. The van der Waals surface area contributed by atoms with Gasteiger partial charge >= 0.3 is 0 Å². The molecule has 2 N–H and O–H groups in total. The Bertz CT molecular complexity index is 589. The van der Waals surface area contributed by atoms with Crippen LogP contribution in [0.1, 0.15) is 66.0 Å². The first-order valence-electron chi connectivity index (χ1n) is 6.35. The minimum Gasteiger partial charge on any atom is -0.355 e. The molecule has 5 nitrogen and oxygen atoms in total. The van der Waals surface area contributed by atoms with Crippen LogP contribution in [0.3, 0.4) is 0 Å². The zero-order chi connectivity index (χ0) is 15.0. The van der Waals surface area contributed by atoms with Gasteiger partial charge in [0.05, 0.1) is 11.1 Å². The Morgan fingerprint density at radius 2 is 1.68 bits per heavy atom. The maximum absolute atomic E-state index is 11.9. The Kier molecular flexibility index (Phi) is 18.4. The van der Waals surface area contributed by atoms with Crippen LogP contribution in [0.15, 0.2) is 11.0 Å². The van der Waals surface area contributed by atoms with E-state index >= 15 is 0 Å². The van der Waals surface area contributed by atoms with Crippen LogP contribution in [0.2, 0.25) is 0 Å². The van der Waals surface area contributed by atoms with Crippen LogP contribution in [0.4, 0.5) is 0 Å². The van der Waals surface area contributed by atoms with Gasteiger partial charge in [-0.15, -0.1) is 0 Å². The minimum atomic E-state index is -0.385. The molecule has 0 aliphatic rings. The molecule has 0 unspecified atom stereocenters. The monoisotopic (exact) mass is 331 g/mol. The number of H-pyrrole nitrogens is 1. The fourth-order valence-electron chi connectivity index (χ4n) is 1.38. The molecule has 2 rings (SSSR count). The molecular weight excluding hydrogens is 298 g/mol. The van der Waals surface area contributed by atoms with Crippen molar-refractivity contribution >= 4 is 27.7 Å². The number of hydrogen-bond donors (Lipinski definition) is 2. The number of hydrogen-bond acceptors (Lipinski definition) is 4. The molecule has 0 spiro atoms. The third-order valence-electron chi connectivity index (χ3n) is 2.15. The van der Waals surface area contributed by atoms with Crippen molar-refractivity contribution in [3.8, 4) is 0 Å². The summed E-state index contributed by atoms with van der Waals surface area (Å²) < 4.78 is 4.06. The Hall–Kier alpha value is -1.69. The largest absolute Gasteiger partial charge is 0.355 e. The lowest BCUT2D eigenvalue weighted by atomic mass is 10.2. The minimum absolute atomic E-state index is 0. The van der Waals surface area contributed by atoms with Crippen molar-refractivity contribution in [1.29, 1.82) is 0 Å². The molecule has 0 fully saturated rings. The highest BCUT2D eigenvalue weighted by Crippen LogP contribution is 2.16. The number of aromatic amines is 1. The molecule has 0 atom stereocenters. The molecule has 6 heteroatoms. The summed E-state index contributed by atoms with van der Waals surface area (Å²) in [5, 5.41) is 2.92. The summed E-state index contributed by atoms with van der Waals surface area (Å²) in [4.78, 5) is 26.9. The highest BCUT2D eigenvalue weighted by molar-refractivity contribution is 7.12. The molecule has 2 aromatic heterocycles. The maximum atomic E-state index is 11.9. The van der Waals surface area contributed by atoms with Gasteiger partial charge in [0.2, 0.25) is 5.43 Å². The summed E-state index contributed by atoms with van der Waals surface area (Å²) in [6, 6.07) is 0. The maximum Gasteiger partial charge on any atom is 0.256 e. The van der Waals surface area contributed by atoms with Crippen molar-refractivity contribution in [1.82, 2.24) is 14.7 Å². The lowest BCUT2D eigenvalue weighted by molar-refractivity contribution is 0.0962. The number of nitrogens with one attached hydrogen (secondary N) is 2. The molecule has 2 heterocycles. The average molecular weight is 332 g/mol. The summed E-state index contributed by atoms with van der Waals surface area (Å²) in [6.45, 7) is 9.75. The molecule has 0 aromatic carbocycles. The van der Waals surface area contributed by atoms with E-state index in [0.29, 0.717) is 15.9 Å². The van der Waals surface area contributed by atoms with E-state index in [9.17, 15) is 9.59 Å². The van der Waals surface area contributed by atoms with Crippen LogP contribution in [0, 0.1) is 6.92 Å². The van der Waals surface area contributed by atoms with Gasteiger partial charge in [-0.2, -0.15) is 4.37 Å². The quantitative estimate of drug-likeness (QED) is 0.801. The summed E-state index contributed by atoms with van der Waals surface area (Å²) >= 11 is 1.22. The van der Waals surface area contributed by atoms with Crippen molar-refractivity contribution < 1.29 is 4.79 Å². The molecule has 1 amide bonds. The highest BCUT2D eigenvalue weighted by atomic mass is 32.1. The van der Waals surface area contributed by atoms with Gasteiger partial charge in [0.25, 0.3) is 5.91 Å². The third-order valence-corrected chi connectivity index (χ3v) is 3.02. The Morgan fingerprint density at radius 3 is 2.14 bits per heavy atom. The predicted molar refractivity (Wildman–Crippen MR) is 101 cm³/mol. The van der Waals surface area contributed by atoms with E-state index in [1.807, 2.05) is 27.7 Å². The molecule has 2 aromatic rings. The predicted octanol–water partition coefficient (Wildman–Crippen LogP) is 4.61. The van der Waals surface area contributed by atoms with Crippen LogP contribution in [0.5, 0.6) is 0 Å². The van der Waals surface area contributed by atoms with Crippen molar-refractivity contribution in [3.05, 3.63) is 27.7 Å². The molecule has 0 bridgehead atoms. The second kappa shape index (κ2) is 14.3. The van der Waals surface area contributed by atoms with E-state index in [-0.39, 0.29) is 39.2 Å². The summed E-state index contributed by atoms with van der Waals surface area (Å²) in [7, 11) is 1.49. The highest BCUT2D eigenvalue weighted by Gasteiger charge is 2.14. The molecule has 0 aliphatic heterocycles. The molecule has 0 saturated carbocycles. The SMILES string of the molecule is C.C.C.CC.CC.CNC(=O)c1c[nH]c2snc(C)c2c1=O. The lowest BCUT2D eigenvalue weighted by Crippen LogP contribution is -2.25. The van der Waals surface area contributed by atoms with E-state index in [2.05, 4.69) is 14.7 Å². The topological polar surface area (TPSA) is 74.8 Å². The normalized spacial score (nSPS) is 7.73. The van der Waals surface area contributed by atoms with E-state index in [4.69, 9.17) is 0 Å². The van der Waals surface area contributed by atoms with E-state index in [1.54, 1.807) is 6.92 Å². The smallest absolute Gasteiger partial charge is 0.256 e. The number of aryl methyl sites for hydroxylation is 1. The average Bonchev–Trinajstić information content (AvgIpc) is 2.85. The summed E-state index contributed by atoms with van der Waals surface area (Å²) in [6.07, 6.45) is 1.42. The van der Waals surface area contributed by atoms with Gasteiger partial charge in [-0.1, -0.05) is 50.0 Å². The van der Waals surface area contributed by atoms with Crippen LogP contribution in [0.25, 0.3) is 10.2 Å². The fraction of sp³-hybridized carbons (Fsp3) is 0.562. The van der Waals surface area contributed by atoms with Gasteiger partial charge in [0.1, 0.15) is 10.4 Å². The van der Waals surface area contributed by atoms with Crippen LogP contribution < -0.4 is 10.7 Å². The van der Waals surface area contributed by atoms with Gasteiger partial charge in [-0.05, 0) is 18.5 Å². The number of rotatable bonds is 1. The second-order valence-corrected chi connectivity index (χ2v) is 3.86. The van der Waals surface area contributed by atoms with Gasteiger partial charge in [0, 0.05) is 13.2 Å². The first-order chi connectivity index (χ1) is 9.15. The lowest BCUT2D eigenvalue weighted by Gasteiger charge is -1.98. The van der Waals surface area contributed by atoms with Crippen LogP contribution >= 0.6 is 11.5 Å². The first kappa shape index (κ1) is 28.5. The fourth-order valence-corrected chi connectivity index (χ4v) is 2.14. The van der Waals surface area contributed by atoms with Gasteiger partial charge < -0.3 is 10.3 Å². The zero-order valence-corrected chi connectivity index (χ0v) is 13.1. The molecule has 0 radical (unpaired) electrons. The van der Waals surface area contributed by atoms with Crippen LogP contribution in [-0.2, 0) is 0 Å². The Labute approximate surface area is 139 Å². The number of nitrogens with zero attached hydrogens (tertiary/aromatic N) is 1. The van der Waals surface area contributed by atoms with Crippen molar-refractivity contribution in [3.63, 3.8) is 0 Å². The number of amides is 1. The Balaban J connectivity index is -0.000000215. The molecule has 0 saturated heterocycles. The molecule has 130 valence electrons.